The molecule has 2 aliphatic rings. The van der Waals surface area contributed by atoms with Crippen molar-refractivity contribution in [3.63, 3.8) is 0 Å². The number of hydrogen-bond donors (Lipinski definition) is 2. The van der Waals surface area contributed by atoms with Crippen molar-refractivity contribution in [3.8, 4) is 0 Å². The Morgan fingerprint density at radius 2 is 1.77 bits per heavy atom. The fourth-order valence-electron chi connectivity index (χ4n) is 3.39. The van der Waals surface area contributed by atoms with E-state index in [-0.39, 0.29) is 6.09 Å². The van der Waals surface area contributed by atoms with Crippen LogP contribution in [0.1, 0.15) is 65.7 Å². The predicted octanol–water partition coefficient (Wildman–Crippen LogP) is 2.64. The van der Waals surface area contributed by atoms with Crippen LogP contribution >= 0.6 is 0 Å². The van der Waals surface area contributed by atoms with Crippen LogP contribution in [0.3, 0.4) is 0 Å². The van der Waals surface area contributed by atoms with Gasteiger partial charge >= 0.3 is 6.09 Å². The average molecular weight is 311 g/mol. The molecule has 1 unspecified atom stereocenters. The molecule has 5 nitrogen and oxygen atoms in total. The van der Waals surface area contributed by atoms with Gasteiger partial charge in [0.2, 0.25) is 0 Å². The Morgan fingerprint density at radius 1 is 1.09 bits per heavy atom. The van der Waals surface area contributed by atoms with E-state index in [1.807, 2.05) is 25.7 Å². The lowest BCUT2D eigenvalue weighted by atomic mass is 9.91. The zero-order chi connectivity index (χ0) is 16.2. The summed E-state index contributed by atoms with van der Waals surface area (Å²) >= 11 is 0. The molecule has 128 valence electrons. The smallest absolute Gasteiger partial charge is 0.410 e. The van der Waals surface area contributed by atoms with Crippen molar-refractivity contribution in [2.24, 2.45) is 5.73 Å². The fourth-order valence-corrected chi connectivity index (χ4v) is 3.39. The van der Waals surface area contributed by atoms with Crippen LogP contribution in [-0.4, -0.2) is 47.8 Å². The van der Waals surface area contributed by atoms with E-state index in [2.05, 4.69) is 5.32 Å². The maximum atomic E-state index is 12.3. The van der Waals surface area contributed by atoms with Crippen molar-refractivity contribution in [3.05, 3.63) is 0 Å². The summed E-state index contributed by atoms with van der Waals surface area (Å²) in [7, 11) is 0. The van der Waals surface area contributed by atoms with Crippen molar-refractivity contribution < 1.29 is 9.53 Å². The van der Waals surface area contributed by atoms with Crippen molar-refractivity contribution >= 4 is 6.09 Å². The third-order valence-corrected chi connectivity index (χ3v) is 4.57. The molecule has 2 fully saturated rings. The van der Waals surface area contributed by atoms with Gasteiger partial charge in [-0.2, -0.15) is 0 Å². The second-order valence-corrected chi connectivity index (χ2v) is 7.90. The van der Waals surface area contributed by atoms with E-state index in [0.717, 1.165) is 51.6 Å². The van der Waals surface area contributed by atoms with Gasteiger partial charge in [-0.25, -0.2) is 4.79 Å². The Morgan fingerprint density at radius 3 is 2.41 bits per heavy atom. The largest absolute Gasteiger partial charge is 0.444 e. The standard InChI is InChI=1S/C17H33N3O2/c1-17(2,3)22-16(21)20-11-5-4-6-15(12-20)19-14-9-7-13(18)8-10-14/h13-15,19H,4-12,18H2,1-3H3. The molecular formula is C17H33N3O2. The topological polar surface area (TPSA) is 67.6 Å². The number of likely N-dealkylation sites (tertiary alicyclic amines) is 1. The number of ether oxygens (including phenoxy) is 1. The molecule has 0 spiro atoms. The Labute approximate surface area is 134 Å². The first-order valence-electron chi connectivity index (χ1n) is 8.83. The van der Waals surface area contributed by atoms with Gasteiger partial charge < -0.3 is 20.7 Å². The molecule has 1 amide bonds. The number of nitrogens with zero attached hydrogens (tertiary/aromatic N) is 1. The number of nitrogens with two attached hydrogens (primary N) is 1. The molecule has 0 aromatic rings. The molecule has 0 aromatic heterocycles. The zero-order valence-corrected chi connectivity index (χ0v) is 14.4. The summed E-state index contributed by atoms with van der Waals surface area (Å²) in [5.74, 6) is 0. The Kier molecular flexibility index (Phi) is 6.09. The number of rotatable bonds is 2. The minimum absolute atomic E-state index is 0.174. The van der Waals surface area contributed by atoms with Crippen molar-refractivity contribution in [1.82, 2.24) is 10.2 Å². The third kappa shape index (κ3) is 5.76. The minimum atomic E-state index is -0.425. The summed E-state index contributed by atoms with van der Waals surface area (Å²) in [4.78, 5) is 14.2. The van der Waals surface area contributed by atoms with E-state index in [9.17, 15) is 4.79 Å². The molecule has 22 heavy (non-hydrogen) atoms. The van der Waals surface area contributed by atoms with Gasteiger partial charge in [-0.1, -0.05) is 6.42 Å². The molecule has 1 aliphatic heterocycles. The first-order valence-corrected chi connectivity index (χ1v) is 8.83. The Balaban J connectivity index is 1.85. The minimum Gasteiger partial charge on any atom is -0.444 e. The van der Waals surface area contributed by atoms with Gasteiger partial charge in [0, 0.05) is 31.2 Å². The van der Waals surface area contributed by atoms with Crippen LogP contribution in [0.15, 0.2) is 0 Å². The second-order valence-electron chi connectivity index (χ2n) is 7.90. The molecule has 2 rings (SSSR count). The van der Waals surface area contributed by atoms with Crippen molar-refractivity contribution in [2.75, 3.05) is 13.1 Å². The van der Waals surface area contributed by atoms with Crippen LogP contribution in [0.25, 0.3) is 0 Å². The van der Waals surface area contributed by atoms with E-state index in [1.54, 1.807) is 0 Å². The highest BCUT2D eigenvalue weighted by molar-refractivity contribution is 5.68. The molecule has 1 heterocycles. The molecule has 5 heteroatoms. The Hall–Kier alpha value is -0.810. The van der Waals surface area contributed by atoms with E-state index in [4.69, 9.17) is 10.5 Å². The van der Waals surface area contributed by atoms with Crippen molar-refractivity contribution in [2.45, 2.75) is 89.4 Å². The highest BCUT2D eigenvalue weighted by Crippen LogP contribution is 2.20. The van der Waals surface area contributed by atoms with Crippen LogP contribution in [-0.2, 0) is 4.74 Å². The second kappa shape index (κ2) is 7.64. The number of carbonyl (C=O) groups is 1. The van der Waals surface area contributed by atoms with Crippen LogP contribution in [0, 0.1) is 0 Å². The maximum Gasteiger partial charge on any atom is 0.410 e. The summed E-state index contributed by atoms with van der Waals surface area (Å²) in [5, 5.41) is 3.76. The summed E-state index contributed by atoms with van der Waals surface area (Å²) in [6.45, 7) is 7.33. The lowest BCUT2D eigenvalue weighted by molar-refractivity contribution is 0.0240. The molecule has 1 atom stereocenters. The summed E-state index contributed by atoms with van der Waals surface area (Å²) in [6.07, 6.45) is 7.74. The predicted molar refractivity (Wildman–Crippen MR) is 88.8 cm³/mol. The monoisotopic (exact) mass is 311 g/mol. The average Bonchev–Trinajstić information content (AvgIpc) is 2.65. The molecule has 1 saturated carbocycles. The molecule has 1 aliphatic carbocycles. The van der Waals surface area contributed by atoms with E-state index >= 15 is 0 Å². The van der Waals surface area contributed by atoms with Gasteiger partial charge in [0.05, 0.1) is 0 Å². The van der Waals surface area contributed by atoms with Gasteiger partial charge in [0.15, 0.2) is 0 Å². The van der Waals surface area contributed by atoms with Crippen LogP contribution in [0.4, 0.5) is 4.79 Å². The molecule has 1 saturated heterocycles. The van der Waals surface area contributed by atoms with Gasteiger partial charge in [-0.3, -0.25) is 0 Å². The first kappa shape index (κ1) is 17.5. The van der Waals surface area contributed by atoms with Crippen LogP contribution < -0.4 is 11.1 Å². The SMILES string of the molecule is CC(C)(C)OC(=O)N1CCCCC(NC2CCC(N)CC2)C1. The van der Waals surface area contributed by atoms with Gasteiger partial charge in [0.25, 0.3) is 0 Å². The first-order chi connectivity index (χ1) is 10.3. The van der Waals surface area contributed by atoms with Gasteiger partial charge in [0.1, 0.15) is 5.60 Å². The summed E-state index contributed by atoms with van der Waals surface area (Å²) in [5.41, 5.74) is 5.55. The number of amides is 1. The van der Waals surface area contributed by atoms with E-state index < -0.39 is 5.60 Å². The van der Waals surface area contributed by atoms with E-state index in [0.29, 0.717) is 18.1 Å². The van der Waals surface area contributed by atoms with E-state index in [1.165, 1.54) is 6.42 Å². The fraction of sp³-hybridized carbons (Fsp3) is 0.941. The maximum absolute atomic E-state index is 12.3. The number of nitrogens with one attached hydrogen (secondary N) is 1. The van der Waals surface area contributed by atoms with Crippen molar-refractivity contribution in [1.29, 1.82) is 0 Å². The number of hydrogen-bond acceptors (Lipinski definition) is 4. The lowest BCUT2D eigenvalue weighted by Gasteiger charge is -2.33. The molecule has 0 radical (unpaired) electrons. The highest BCUT2D eigenvalue weighted by Gasteiger charge is 2.28. The number of carbonyl (C=O) groups excluding carboxylic acids is 1. The molecule has 0 aromatic carbocycles. The normalized spacial score (nSPS) is 30.7. The lowest BCUT2D eigenvalue weighted by Crippen LogP contribution is -2.48. The summed E-state index contributed by atoms with van der Waals surface area (Å²) in [6, 6.07) is 1.32. The Bertz CT molecular complexity index is 359. The molecule has 3 N–H and O–H groups in total. The molecule has 0 bridgehead atoms. The summed E-state index contributed by atoms with van der Waals surface area (Å²) < 4.78 is 5.53. The third-order valence-electron chi connectivity index (χ3n) is 4.57. The zero-order valence-electron chi connectivity index (χ0n) is 14.4. The quantitative estimate of drug-likeness (QED) is 0.822. The highest BCUT2D eigenvalue weighted by atomic mass is 16.6. The van der Waals surface area contributed by atoms with Gasteiger partial charge in [-0.15, -0.1) is 0 Å². The van der Waals surface area contributed by atoms with Crippen LogP contribution in [0.5, 0.6) is 0 Å². The van der Waals surface area contributed by atoms with Crippen LogP contribution in [0.2, 0.25) is 0 Å². The van der Waals surface area contributed by atoms with Gasteiger partial charge in [-0.05, 0) is 59.3 Å². The molecular weight excluding hydrogens is 278 g/mol.